The maximum absolute atomic E-state index is 6.53. The first-order valence-corrected chi connectivity index (χ1v) is 17.8. The summed E-state index contributed by atoms with van der Waals surface area (Å²) in [4.78, 5) is 0. The van der Waals surface area contributed by atoms with Crippen LogP contribution in [0.4, 0.5) is 0 Å². The molecule has 0 aliphatic rings. The Kier molecular flexibility index (Phi) is 8.80. The van der Waals surface area contributed by atoms with Crippen LogP contribution in [0.2, 0.25) is 51.9 Å². The molecule has 130 valence electrons. The summed E-state index contributed by atoms with van der Waals surface area (Å²) in [6, 6.07) is 1.04. The fourth-order valence-corrected chi connectivity index (χ4v) is 15.0. The van der Waals surface area contributed by atoms with Crippen molar-refractivity contribution in [1.82, 2.24) is 0 Å². The first kappa shape index (κ1) is 22.1. The van der Waals surface area contributed by atoms with E-state index in [0.717, 1.165) is 25.3 Å². The monoisotopic (exact) mass is 358 g/mol. The van der Waals surface area contributed by atoms with Crippen molar-refractivity contribution >= 4 is 25.2 Å². The van der Waals surface area contributed by atoms with E-state index in [-0.39, 0.29) is 0 Å². The lowest BCUT2D eigenvalue weighted by Crippen LogP contribution is -2.52. The van der Waals surface area contributed by atoms with E-state index in [2.05, 4.69) is 72.3 Å². The number of hydrogen-bond acceptors (Lipinski definition) is 2. The molecule has 2 nitrogen and oxygen atoms in total. The maximum Gasteiger partial charge on any atom is 0.314 e. The lowest BCUT2D eigenvalue weighted by atomic mass is 10.1. The Balaban J connectivity index is 4.65. The van der Waals surface area contributed by atoms with Crippen LogP contribution in [0.15, 0.2) is 23.8 Å². The van der Waals surface area contributed by atoms with Gasteiger partial charge in [-0.05, 0) is 85.0 Å². The van der Waals surface area contributed by atoms with Crippen LogP contribution in [-0.4, -0.2) is 25.2 Å². The highest BCUT2D eigenvalue weighted by molar-refractivity contribution is 6.87. The van der Waals surface area contributed by atoms with Crippen molar-refractivity contribution in [2.24, 2.45) is 0 Å². The topological polar surface area (TPSA) is 18.5 Å². The van der Waals surface area contributed by atoms with Gasteiger partial charge in [-0.15, -0.1) is 0 Å². The van der Waals surface area contributed by atoms with Gasteiger partial charge in [-0.1, -0.05) is 23.8 Å². The molecule has 0 rings (SSSR count). The minimum Gasteiger partial charge on any atom is -0.437 e. The van der Waals surface area contributed by atoms with Crippen LogP contribution in [0.25, 0.3) is 0 Å². The molecular weight excluding hydrogens is 320 g/mol. The summed E-state index contributed by atoms with van der Waals surface area (Å²) in [6.07, 6.45) is 5.51. The van der Waals surface area contributed by atoms with E-state index < -0.39 is 25.2 Å². The lowest BCUT2D eigenvalue weighted by molar-refractivity contribution is 0.383. The molecule has 0 aliphatic carbocycles. The zero-order chi connectivity index (χ0) is 17.6. The van der Waals surface area contributed by atoms with Crippen LogP contribution in [0.5, 0.6) is 0 Å². The summed E-state index contributed by atoms with van der Waals surface area (Å²) in [6.45, 7) is 24.4. The average Bonchev–Trinajstić information content (AvgIpc) is 2.20. The van der Waals surface area contributed by atoms with E-state index in [0.29, 0.717) is 0 Å². The lowest BCUT2D eigenvalue weighted by Gasteiger charge is -2.38. The van der Waals surface area contributed by atoms with E-state index in [4.69, 9.17) is 8.23 Å². The third-order valence-corrected chi connectivity index (χ3v) is 12.5. The number of allylic oxidation sites excluding steroid dienone is 3. The molecule has 5 heteroatoms. The van der Waals surface area contributed by atoms with Gasteiger partial charge in [-0.3, -0.25) is 0 Å². The zero-order valence-electron chi connectivity index (χ0n) is 16.4. The van der Waals surface area contributed by atoms with Crippen molar-refractivity contribution in [3.05, 3.63) is 23.8 Å². The molecule has 0 atom stereocenters. The van der Waals surface area contributed by atoms with Crippen molar-refractivity contribution in [3.8, 4) is 0 Å². The highest BCUT2D eigenvalue weighted by atomic mass is 28.5. The van der Waals surface area contributed by atoms with Crippen molar-refractivity contribution in [2.45, 2.75) is 85.0 Å². The second-order valence-corrected chi connectivity index (χ2v) is 21.5. The molecule has 0 fully saturated rings. The second kappa shape index (κ2) is 8.78. The maximum atomic E-state index is 6.53. The molecule has 0 amide bonds. The number of rotatable bonds is 10. The number of hydrogen-bond donors (Lipinski definition) is 0. The summed E-state index contributed by atoms with van der Waals surface area (Å²) >= 11 is 0. The molecule has 0 saturated heterocycles. The predicted molar refractivity (Wildman–Crippen MR) is 108 cm³/mol. The van der Waals surface area contributed by atoms with Crippen molar-refractivity contribution in [3.63, 3.8) is 0 Å². The van der Waals surface area contributed by atoms with Gasteiger partial charge in [-0.2, -0.15) is 0 Å². The summed E-state index contributed by atoms with van der Waals surface area (Å²) in [5, 5.41) is 0. The first-order valence-electron chi connectivity index (χ1n) is 8.43. The molecule has 0 spiro atoms. The first-order chi connectivity index (χ1) is 9.72. The van der Waals surface area contributed by atoms with Gasteiger partial charge in [0.2, 0.25) is 0 Å². The molecule has 0 aromatic rings. The summed E-state index contributed by atoms with van der Waals surface area (Å²) in [7, 11) is -5.27. The second-order valence-electron chi connectivity index (χ2n) is 8.63. The standard InChI is InChI=1S/C17H38O2Si3/c1-16(2)12-11-13-17(3)14-15-22(10,18-20(4,5)6)19-21(7,8)9/h12H,3,11,13-15H2,1-2,4-10H3. The van der Waals surface area contributed by atoms with Gasteiger partial charge in [0.15, 0.2) is 16.6 Å². The Morgan fingerprint density at radius 3 is 1.68 bits per heavy atom. The van der Waals surface area contributed by atoms with Gasteiger partial charge in [0.05, 0.1) is 0 Å². The fourth-order valence-electron chi connectivity index (χ4n) is 2.51. The van der Waals surface area contributed by atoms with E-state index in [1.807, 2.05) is 0 Å². The Hall–Kier alpha value is 0.0506. The predicted octanol–water partition coefficient (Wildman–Crippen LogP) is 6.45. The quantitative estimate of drug-likeness (QED) is 0.330. The molecule has 0 aromatic carbocycles. The fraction of sp³-hybridized carbons (Fsp3) is 0.765. The van der Waals surface area contributed by atoms with Gasteiger partial charge >= 0.3 is 8.56 Å². The van der Waals surface area contributed by atoms with Crippen LogP contribution < -0.4 is 0 Å². The highest BCUT2D eigenvalue weighted by Crippen LogP contribution is 2.27. The zero-order valence-corrected chi connectivity index (χ0v) is 19.4. The summed E-state index contributed by atoms with van der Waals surface area (Å²) < 4.78 is 13.1. The summed E-state index contributed by atoms with van der Waals surface area (Å²) in [5.74, 6) is 0. The van der Waals surface area contributed by atoms with Crippen LogP contribution in [-0.2, 0) is 8.23 Å². The van der Waals surface area contributed by atoms with E-state index in [1.54, 1.807) is 0 Å². The molecule has 0 N–H and O–H groups in total. The molecule has 0 radical (unpaired) electrons. The molecule has 0 aromatic heterocycles. The SMILES string of the molecule is C=C(CCC=C(C)C)CC[Si](C)(O[Si](C)(C)C)O[Si](C)(C)C. The van der Waals surface area contributed by atoms with E-state index >= 15 is 0 Å². The van der Waals surface area contributed by atoms with Gasteiger partial charge in [0.25, 0.3) is 0 Å². The van der Waals surface area contributed by atoms with E-state index in [1.165, 1.54) is 11.1 Å². The van der Waals surface area contributed by atoms with Crippen LogP contribution >= 0.6 is 0 Å². The minimum atomic E-state index is -2.10. The highest BCUT2D eigenvalue weighted by Gasteiger charge is 2.39. The Morgan fingerprint density at radius 2 is 1.32 bits per heavy atom. The summed E-state index contributed by atoms with van der Waals surface area (Å²) in [5.41, 5.74) is 2.71. The Morgan fingerprint density at radius 1 is 0.864 bits per heavy atom. The van der Waals surface area contributed by atoms with Crippen molar-refractivity contribution < 1.29 is 8.23 Å². The van der Waals surface area contributed by atoms with Gasteiger partial charge in [-0.25, -0.2) is 0 Å². The van der Waals surface area contributed by atoms with Crippen molar-refractivity contribution in [1.29, 1.82) is 0 Å². The van der Waals surface area contributed by atoms with Crippen molar-refractivity contribution in [2.75, 3.05) is 0 Å². The molecule has 0 unspecified atom stereocenters. The molecule has 0 heterocycles. The van der Waals surface area contributed by atoms with Gasteiger partial charge in [0.1, 0.15) is 0 Å². The Labute approximate surface area is 142 Å². The van der Waals surface area contributed by atoms with Gasteiger partial charge < -0.3 is 8.23 Å². The van der Waals surface area contributed by atoms with E-state index in [9.17, 15) is 0 Å². The van der Waals surface area contributed by atoms with Crippen LogP contribution in [0, 0.1) is 0 Å². The Bertz CT molecular complexity index is 370. The third kappa shape index (κ3) is 12.6. The third-order valence-electron chi connectivity index (χ3n) is 3.03. The average molecular weight is 359 g/mol. The molecule has 22 heavy (non-hydrogen) atoms. The van der Waals surface area contributed by atoms with Crippen LogP contribution in [0.1, 0.15) is 33.1 Å². The smallest absolute Gasteiger partial charge is 0.314 e. The van der Waals surface area contributed by atoms with Gasteiger partial charge in [0, 0.05) is 0 Å². The normalized spacial score (nSPS) is 13.1. The molecular formula is C17H38O2Si3. The van der Waals surface area contributed by atoms with Crippen LogP contribution in [0.3, 0.4) is 0 Å². The minimum absolute atomic E-state index is 1.04. The molecule has 0 saturated carbocycles. The molecule has 0 aliphatic heterocycles. The largest absolute Gasteiger partial charge is 0.437 e. The molecule has 0 bridgehead atoms.